The third-order valence-corrected chi connectivity index (χ3v) is 3.56. The molecular weight excluding hydrogens is 270 g/mol. The van der Waals surface area contributed by atoms with Gasteiger partial charge in [0.05, 0.1) is 6.04 Å². The van der Waals surface area contributed by atoms with E-state index in [1.165, 1.54) is 11.1 Å². The fourth-order valence-corrected chi connectivity index (χ4v) is 2.29. The zero-order chi connectivity index (χ0) is 14.4. The molecule has 0 aliphatic carbocycles. The predicted octanol–water partition coefficient (Wildman–Crippen LogP) is 4.24. The minimum Gasteiger partial charge on any atom is -0.492 e. The topological polar surface area (TPSA) is 21.3 Å². The van der Waals surface area contributed by atoms with E-state index in [2.05, 4.69) is 36.5 Å². The minimum atomic E-state index is 0.167. The van der Waals surface area contributed by atoms with Gasteiger partial charge in [0, 0.05) is 5.02 Å². The van der Waals surface area contributed by atoms with Gasteiger partial charge < -0.3 is 10.1 Å². The molecule has 0 amide bonds. The average molecular weight is 290 g/mol. The van der Waals surface area contributed by atoms with Crippen molar-refractivity contribution >= 4 is 11.6 Å². The highest BCUT2D eigenvalue weighted by Crippen LogP contribution is 2.20. The van der Waals surface area contributed by atoms with Gasteiger partial charge in [0.25, 0.3) is 0 Å². The van der Waals surface area contributed by atoms with Crippen LogP contribution in [0.5, 0.6) is 5.75 Å². The van der Waals surface area contributed by atoms with Crippen molar-refractivity contribution < 1.29 is 4.74 Å². The van der Waals surface area contributed by atoms with Gasteiger partial charge in [0.1, 0.15) is 12.4 Å². The Morgan fingerprint density at radius 1 is 1.15 bits per heavy atom. The molecule has 1 atom stereocenters. The smallest absolute Gasteiger partial charge is 0.120 e. The maximum absolute atomic E-state index is 5.95. The van der Waals surface area contributed by atoms with Gasteiger partial charge in [-0.1, -0.05) is 48.9 Å². The first-order valence-corrected chi connectivity index (χ1v) is 7.25. The van der Waals surface area contributed by atoms with Crippen LogP contribution >= 0.6 is 11.6 Å². The SMILES string of the molecule is CCc1cccc(C(COc2cccc(Cl)c2)NC)c1. The molecule has 20 heavy (non-hydrogen) atoms. The minimum absolute atomic E-state index is 0.167. The number of nitrogens with one attached hydrogen (secondary N) is 1. The van der Waals surface area contributed by atoms with Gasteiger partial charge in [0.2, 0.25) is 0 Å². The van der Waals surface area contributed by atoms with Crippen LogP contribution in [0.3, 0.4) is 0 Å². The zero-order valence-corrected chi connectivity index (χ0v) is 12.7. The highest BCUT2D eigenvalue weighted by Gasteiger charge is 2.10. The lowest BCUT2D eigenvalue weighted by Gasteiger charge is -2.18. The normalized spacial score (nSPS) is 12.2. The van der Waals surface area contributed by atoms with Crippen molar-refractivity contribution in [3.63, 3.8) is 0 Å². The van der Waals surface area contributed by atoms with Gasteiger partial charge in [-0.15, -0.1) is 0 Å². The molecule has 0 radical (unpaired) electrons. The molecule has 0 bridgehead atoms. The highest BCUT2D eigenvalue weighted by molar-refractivity contribution is 6.30. The standard InChI is InChI=1S/C17H20ClNO/c1-3-13-6-4-7-14(10-13)17(19-2)12-20-16-9-5-8-15(18)11-16/h4-11,17,19H,3,12H2,1-2H3. The van der Waals surface area contributed by atoms with Crippen LogP contribution in [0, 0.1) is 0 Å². The van der Waals surface area contributed by atoms with E-state index >= 15 is 0 Å². The summed E-state index contributed by atoms with van der Waals surface area (Å²) < 4.78 is 5.82. The molecule has 2 aromatic carbocycles. The fraction of sp³-hybridized carbons (Fsp3) is 0.294. The van der Waals surface area contributed by atoms with Crippen LogP contribution in [0.25, 0.3) is 0 Å². The van der Waals surface area contributed by atoms with E-state index in [4.69, 9.17) is 16.3 Å². The van der Waals surface area contributed by atoms with Crippen molar-refractivity contribution in [2.75, 3.05) is 13.7 Å². The van der Waals surface area contributed by atoms with Crippen LogP contribution in [0.4, 0.5) is 0 Å². The van der Waals surface area contributed by atoms with E-state index in [0.717, 1.165) is 12.2 Å². The number of aryl methyl sites for hydroxylation is 1. The largest absolute Gasteiger partial charge is 0.492 e. The van der Waals surface area contributed by atoms with Crippen molar-refractivity contribution in [3.8, 4) is 5.75 Å². The van der Waals surface area contributed by atoms with E-state index in [1.807, 2.05) is 31.3 Å². The van der Waals surface area contributed by atoms with E-state index in [9.17, 15) is 0 Å². The predicted molar refractivity (Wildman–Crippen MR) is 84.6 cm³/mol. The van der Waals surface area contributed by atoms with Crippen molar-refractivity contribution in [2.45, 2.75) is 19.4 Å². The molecular formula is C17H20ClNO. The van der Waals surface area contributed by atoms with E-state index in [1.54, 1.807) is 0 Å². The first-order valence-electron chi connectivity index (χ1n) is 6.87. The summed E-state index contributed by atoms with van der Waals surface area (Å²) in [6.07, 6.45) is 1.04. The molecule has 0 spiro atoms. The van der Waals surface area contributed by atoms with Crippen molar-refractivity contribution in [3.05, 3.63) is 64.7 Å². The molecule has 0 aromatic heterocycles. The Hall–Kier alpha value is -1.51. The van der Waals surface area contributed by atoms with Crippen LogP contribution in [0.15, 0.2) is 48.5 Å². The number of ether oxygens (including phenoxy) is 1. The quantitative estimate of drug-likeness (QED) is 0.859. The number of likely N-dealkylation sites (N-methyl/N-ethyl adjacent to an activating group) is 1. The van der Waals surface area contributed by atoms with Gasteiger partial charge >= 0.3 is 0 Å². The Morgan fingerprint density at radius 3 is 2.65 bits per heavy atom. The van der Waals surface area contributed by atoms with Crippen LogP contribution in [-0.2, 0) is 6.42 Å². The molecule has 3 heteroatoms. The summed E-state index contributed by atoms with van der Waals surface area (Å²) in [5, 5.41) is 3.99. The summed E-state index contributed by atoms with van der Waals surface area (Å²) in [4.78, 5) is 0. The number of hydrogen-bond acceptors (Lipinski definition) is 2. The third kappa shape index (κ3) is 3.99. The maximum atomic E-state index is 5.95. The van der Waals surface area contributed by atoms with Crippen molar-refractivity contribution in [1.82, 2.24) is 5.32 Å². The monoisotopic (exact) mass is 289 g/mol. The molecule has 1 unspecified atom stereocenters. The zero-order valence-electron chi connectivity index (χ0n) is 11.9. The average Bonchev–Trinajstić information content (AvgIpc) is 2.48. The molecule has 2 aromatic rings. The molecule has 2 rings (SSSR count). The Morgan fingerprint density at radius 2 is 1.95 bits per heavy atom. The van der Waals surface area contributed by atoms with E-state index < -0.39 is 0 Å². The lowest BCUT2D eigenvalue weighted by Crippen LogP contribution is -2.23. The second-order valence-electron chi connectivity index (χ2n) is 4.71. The van der Waals surface area contributed by atoms with E-state index in [0.29, 0.717) is 11.6 Å². The Balaban J connectivity index is 2.05. The van der Waals surface area contributed by atoms with Crippen LogP contribution in [0.1, 0.15) is 24.1 Å². The Kier molecular flexibility index (Phi) is 5.45. The van der Waals surface area contributed by atoms with E-state index in [-0.39, 0.29) is 6.04 Å². The van der Waals surface area contributed by atoms with Gasteiger partial charge in [-0.3, -0.25) is 0 Å². The van der Waals surface area contributed by atoms with Crippen LogP contribution in [0.2, 0.25) is 5.02 Å². The summed E-state index contributed by atoms with van der Waals surface area (Å²) in [5.74, 6) is 0.796. The lowest BCUT2D eigenvalue weighted by atomic mass is 10.0. The molecule has 106 valence electrons. The summed E-state index contributed by atoms with van der Waals surface area (Å²) in [7, 11) is 1.95. The summed E-state index contributed by atoms with van der Waals surface area (Å²) in [6.45, 7) is 2.74. The van der Waals surface area contributed by atoms with Gasteiger partial charge in [-0.2, -0.15) is 0 Å². The molecule has 0 aliphatic heterocycles. The maximum Gasteiger partial charge on any atom is 0.120 e. The molecule has 0 heterocycles. The molecule has 0 saturated heterocycles. The second-order valence-corrected chi connectivity index (χ2v) is 5.14. The summed E-state index contributed by atoms with van der Waals surface area (Å²) in [5.41, 5.74) is 2.58. The molecule has 0 fully saturated rings. The highest BCUT2D eigenvalue weighted by atomic mass is 35.5. The summed E-state index contributed by atoms with van der Waals surface area (Å²) >= 11 is 5.95. The van der Waals surface area contributed by atoms with Gasteiger partial charge in [0.15, 0.2) is 0 Å². The molecule has 0 saturated carbocycles. The first-order chi connectivity index (χ1) is 9.72. The molecule has 1 N–H and O–H groups in total. The third-order valence-electron chi connectivity index (χ3n) is 3.32. The second kappa shape index (κ2) is 7.32. The van der Waals surface area contributed by atoms with Crippen LogP contribution < -0.4 is 10.1 Å². The number of halogens is 1. The summed E-state index contributed by atoms with van der Waals surface area (Å²) in [6, 6.07) is 16.2. The number of hydrogen-bond donors (Lipinski definition) is 1. The Bertz CT molecular complexity index is 556. The lowest BCUT2D eigenvalue weighted by molar-refractivity contribution is 0.273. The van der Waals surface area contributed by atoms with Crippen LogP contribution in [-0.4, -0.2) is 13.7 Å². The number of benzene rings is 2. The number of rotatable bonds is 6. The van der Waals surface area contributed by atoms with Crippen molar-refractivity contribution in [1.29, 1.82) is 0 Å². The molecule has 2 nitrogen and oxygen atoms in total. The Labute approximate surface area is 125 Å². The van der Waals surface area contributed by atoms with Gasteiger partial charge in [-0.05, 0) is 42.8 Å². The van der Waals surface area contributed by atoms with Crippen molar-refractivity contribution in [2.24, 2.45) is 0 Å². The van der Waals surface area contributed by atoms with Gasteiger partial charge in [-0.25, -0.2) is 0 Å². The fourth-order valence-electron chi connectivity index (χ4n) is 2.11. The first kappa shape index (κ1) is 14.9. The molecule has 0 aliphatic rings.